The Morgan fingerprint density at radius 3 is 2.51 bits per heavy atom. The van der Waals surface area contributed by atoms with Gasteiger partial charge >= 0.3 is 5.69 Å². The van der Waals surface area contributed by atoms with Gasteiger partial charge in [-0.05, 0) is 64.8 Å². The number of methoxy groups -OCH3 is 1. The summed E-state index contributed by atoms with van der Waals surface area (Å²) in [4.78, 5) is 42.9. The zero-order valence-corrected chi connectivity index (χ0v) is 23.9. The molecule has 1 aromatic carbocycles. The van der Waals surface area contributed by atoms with Crippen LogP contribution in [0.25, 0.3) is 15.2 Å². The lowest BCUT2D eigenvalue weighted by Gasteiger charge is -2.27. The van der Waals surface area contributed by atoms with E-state index < -0.39 is 22.7 Å². The number of ether oxygens (including phenoxy) is 1. The Labute approximate surface area is 226 Å². The molecule has 0 radical (unpaired) electrons. The van der Waals surface area contributed by atoms with Crippen molar-refractivity contribution in [1.29, 1.82) is 0 Å². The number of aryl methyl sites for hydroxylation is 3. The first-order chi connectivity index (χ1) is 17.5. The van der Waals surface area contributed by atoms with E-state index in [4.69, 9.17) is 4.74 Å². The Morgan fingerprint density at radius 2 is 1.89 bits per heavy atom. The number of amides is 1. The largest absolute Gasteiger partial charge is 0.496 e. The molecule has 37 heavy (non-hydrogen) atoms. The number of benzene rings is 1. The van der Waals surface area contributed by atoms with Crippen molar-refractivity contribution in [3.8, 4) is 10.8 Å². The topological polar surface area (TPSA) is 113 Å². The lowest BCUT2D eigenvalue weighted by molar-refractivity contribution is -0.129. The van der Waals surface area contributed by atoms with Gasteiger partial charge in [0.1, 0.15) is 21.1 Å². The molecule has 1 amide bonds. The summed E-state index contributed by atoms with van der Waals surface area (Å²) in [5, 5.41) is 12.3. The van der Waals surface area contributed by atoms with Crippen LogP contribution in [-0.2, 0) is 23.3 Å². The van der Waals surface area contributed by atoms with E-state index in [1.165, 1.54) is 16.1 Å². The third-order valence-corrected chi connectivity index (χ3v) is 7.94. The van der Waals surface area contributed by atoms with E-state index >= 15 is 0 Å². The van der Waals surface area contributed by atoms with Gasteiger partial charge in [0.2, 0.25) is 5.91 Å². The highest BCUT2D eigenvalue weighted by atomic mass is 79.9. The Balaban J connectivity index is 1.97. The lowest BCUT2D eigenvalue weighted by Crippen LogP contribution is -2.56. The molecule has 0 aliphatic rings. The number of rotatable bonds is 8. The zero-order valence-electron chi connectivity index (χ0n) is 21.5. The summed E-state index contributed by atoms with van der Waals surface area (Å²) < 4.78 is 9.02. The van der Waals surface area contributed by atoms with Gasteiger partial charge in [0.25, 0.3) is 5.56 Å². The molecule has 0 unspecified atom stereocenters. The molecule has 0 aliphatic heterocycles. The maximum atomic E-state index is 14.0. The first kappa shape index (κ1) is 26.8. The summed E-state index contributed by atoms with van der Waals surface area (Å²) in [6.07, 6.45) is 3.56. The van der Waals surface area contributed by atoms with E-state index in [-0.39, 0.29) is 12.6 Å². The number of carbonyl (C=O) groups is 1. The number of hydrogen-bond acceptors (Lipinski definition) is 7. The van der Waals surface area contributed by atoms with Gasteiger partial charge < -0.3 is 10.1 Å². The molecule has 1 N–H and O–H groups in total. The molecular formula is C25H29BrN6O4S. The number of hydrogen-bond donors (Lipinski definition) is 1. The van der Waals surface area contributed by atoms with Gasteiger partial charge in [-0.2, -0.15) is 10.2 Å². The number of nitrogens with one attached hydrogen (secondary N) is 1. The average molecular weight is 590 g/mol. The van der Waals surface area contributed by atoms with Crippen molar-refractivity contribution in [2.24, 2.45) is 0 Å². The van der Waals surface area contributed by atoms with E-state index in [2.05, 4.69) is 31.4 Å². The van der Waals surface area contributed by atoms with Crippen LogP contribution in [0.5, 0.6) is 5.75 Å². The van der Waals surface area contributed by atoms with E-state index in [1.807, 2.05) is 32.0 Å². The number of thiophene rings is 1. The highest BCUT2D eigenvalue weighted by Gasteiger charge is 2.35. The summed E-state index contributed by atoms with van der Waals surface area (Å²) in [5.41, 5.74) is -0.971. The molecule has 196 valence electrons. The van der Waals surface area contributed by atoms with E-state index in [0.29, 0.717) is 33.0 Å². The summed E-state index contributed by atoms with van der Waals surface area (Å²) in [6, 6.07) is 5.53. The summed E-state index contributed by atoms with van der Waals surface area (Å²) in [5.74, 6) is 0.282. The fraction of sp³-hybridized carbons (Fsp3) is 0.400. The molecule has 4 rings (SSSR count). The molecule has 0 aliphatic carbocycles. The Bertz CT molecular complexity index is 1580. The van der Waals surface area contributed by atoms with Gasteiger partial charge in [-0.25, -0.2) is 9.36 Å². The molecule has 0 saturated heterocycles. The van der Waals surface area contributed by atoms with Crippen LogP contribution in [-0.4, -0.2) is 43.2 Å². The molecular weight excluding hydrogens is 560 g/mol. The third kappa shape index (κ3) is 4.87. The number of aromatic nitrogens is 5. The van der Waals surface area contributed by atoms with Crippen LogP contribution in [0.1, 0.15) is 38.8 Å². The van der Waals surface area contributed by atoms with Crippen molar-refractivity contribution < 1.29 is 9.53 Å². The van der Waals surface area contributed by atoms with Gasteiger partial charge in [-0.3, -0.25) is 14.2 Å². The van der Waals surface area contributed by atoms with Crippen molar-refractivity contribution >= 4 is 43.4 Å². The van der Waals surface area contributed by atoms with Crippen LogP contribution in [0, 0.1) is 6.92 Å². The van der Waals surface area contributed by atoms with Gasteiger partial charge in [-0.15, -0.1) is 4.80 Å². The van der Waals surface area contributed by atoms with Crippen LogP contribution in [0.2, 0.25) is 0 Å². The van der Waals surface area contributed by atoms with Crippen molar-refractivity contribution in [1.82, 2.24) is 29.4 Å². The number of halogens is 1. The number of fused-ring (bicyclic) bond motifs is 1. The van der Waals surface area contributed by atoms with Crippen LogP contribution < -0.4 is 21.3 Å². The molecule has 4 aromatic rings. The SMILES string of the molecule is COc1ccc(Br)cc1CCn1c(=O)n(C(C)(C)C(=O)NC(C)C)c(=O)c2c(C)c(-n3nccn3)sc21. The number of carbonyl (C=O) groups excluding carboxylic acids is 1. The summed E-state index contributed by atoms with van der Waals surface area (Å²) >= 11 is 4.76. The molecule has 12 heteroatoms. The minimum Gasteiger partial charge on any atom is -0.496 e. The maximum absolute atomic E-state index is 14.0. The maximum Gasteiger partial charge on any atom is 0.333 e. The van der Waals surface area contributed by atoms with Crippen LogP contribution in [0.15, 0.2) is 44.7 Å². The monoisotopic (exact) mass is 588 g/mol. The average Bonchev–Trinajstić information content (AvgIpc) is 3.46. The fourth-order valence-electron chi connectivity index (χ4n) is 4.25. The quantitative estimate of drug-likeness (QED) is 0.337. The second kappa shape index (κ2) is 10.3. The predicted molar refractivity (Wildman–Crippen MR) is 147 cm³/mol. The van der Waals surface area contributed by atoms with Crippen molar-refractivity contribution in [2.75, 3.05) is 7.11 Å². The van der Waals surface area contributed by atoms with Crippen LogP contribution in [0.4, 0.5) is 0 Å². The molecule has 0 atom stereocenters. The second-order valence-electron chi connectivity index (χ2n) is 9.50. The smallest absolute Gasteiger partial charge is 0.333 e. The van der Waals surface area contributed by atoms with Gasteiger partial charge in [-0.1, -0.05) is 27.3 Å². The molecule has 3 heterocycles. The van der Waals surface area contributed by atoms with E-state index in [0.717, 1.165) is 14.6 Å². The van der Waals surface area contributed by atoms with Crippen molar-refractivity contribution in [3.63, 3.8) is 0 Å². The first-order valence-electron chi connectivity index (χ1n) is 11.8. The van der Waals surface area contributed by atoms with Crippen molar-refractivity contribution in [3.05, 3.63) is 67.0 Å². The Morgan fingerprint density at radius 1 is 1.22 bits per heavy atom. The normalized spacial score (nSPS) is 11.9. The number of nitrogens with zero attached hydrogens (tertiary/aromatic N) is 5. The Kier molecular flexibility index (Phi) is 7.43. The molecule has 0 bridgehead atoms. The predicted octanol–water partition coefficient (Wildman–Crippen LogP) is 3.39. The fourth-order valence-corrected chi connectivity index (χ4v) is 5.90. The summed E-state index contributed by atoms with van der Waals surface area (Å²) in [7, 11) is 1.60. The minimum atomic E-state index is -1.43. The Hall–Kier alpha value is -3.25. The molecule has 0 saturated carbocycles. The van der Waals surface area contributed by atoms with E-state index in [1.54, 1.807) is 44.8 Å². The van der Waals surface area contributed by atoms with Crippen LogP contribution in [0.3, 0.4) is 0 Å². The van der Waals surface area contributed by atoms with E-state index in [9.17, 15) is 14.4 Å². The molecule has 0 fully saturated rings. The zero-order chi connectivity index (χ0) is 27.1. The summed E-state index contributed by atoms with van der Waals surface area (Å²) in [6.45, 7) is 8.89. The molecule has 10 nitrogen and oxygen atoms in total. The highest BCUT2D eigenvalue weighted by Crippen LogP contribution is 2.31. The van der Waals surface area contributed by atoms with Crippen LogP contribution >= 0.6 is 27.3 Å². The first-order valence-corrected chi connectivity index (χ1v) is 13.4. The highest BCUT2D eigenvalue weighted by molar-refractivity contribution is 9.10. The van der Waals surface area contributed by atoms with Gasteiger partial charge in [0.05, 0.1) is 24.9 Å². The molecule has 3 aromatic heterocycles. The lowest BCUT2D eigenvalue weighted by atomic mass is 10.0. The van der Waals surface area contributed by atoms with Crippen molar-refractivity contribution in [2.45, 2.75) is 59.2 Å². The molecule has 0 spiro atoms. The standard InChI is InChI=1S/C25H29BrN6O4S/c1-14(2)29-23(34)25(4,5)31-20(33)19-15(3)21(32-27-10-11-28-32)37-22(19)30(24(31)35)12-9-16-13-17(26)7-8-18(16)36-6/h7-8,10-11,13-14H,9,12H2,1-6H3,(H,29,34). The van der Waals surface area contributed by atoms with Gasteiger partial charge in [0.15, 0.2) is 0 Å². The minimum absolute atomic E-state index is 0.155. The second-order valence-corrected chi connectivity index (χ2v) is 11.4. The van der Waals surface area contributed by atoms with Gasteiger partial charge in [0, 0.05) is 22.6 Å². The third-order valence-electron chi connectivity index (χ3n) is 6.17.